The number of rotatable bonds is 5. The van der Waals surface area contributed by atoms with Gasteiger partial charge in [0.25, 0.3) is 0 Å². The fourth-order valence-corrected chi connectivity index (χ4v) is 5.06. The summed E-state index contributed by atoms with van der Waals surface area (Å²) in [6.45, 7) is 9.49. The smallest absolute Gasteiger partial charge is 0.244 e. The van der Waals surface area contributed by atoms with Gasteiger partial charge in [-0.15, -0.1) is 0 Å². The number of nitrogens with zero attached hydrogens (tertiary/aromatic N) is 1. The molecule has 1 amide bonds. The van der Waals surface area contributed by atoms with Gasteiger partial charge in [-0.05, 0) is 58.4 Å². The summed E-state index contributed by atoms with van der Waals surface area (Å²) in [7, 11) is -3.66. The number of carbonyl (C=O) groups is 1. The van der Waals surface area contributed by atoms with Crippen molar-refractivity contribution in [1.82, 2.24) is 5.32 Å². The fraction of sp³-hybridized carbons (Fsp3) is 0.435. The predicted octanol–water partition coefficient (Wildman–Crippen LogP) is 3.88. The van der Waals surface area contributed by atoms with Crippen molar-refractivity contribution in [3.63, 3.8) is 0 Å². The Morgan fingerprint density at radius 3 is 2.33 bits per heavy atom. The zero-order chi connectivity index (χ0) is 22.3. The quantitative estimate of drug-likeness (QED) is 0.781. The summed E-state index contributed by atoms with van der Waals surface area (Å²) in [5.74, 6) is 0.401. The topological polar surface area (TPSA) is 75.7 Å². The molecule has 1 N–H and O–H groups in total. The van der Waals surface area contributed by atoms with E-state index in [-0.39, 0.29) is 11.9 Å². The Hall–Kier alpha value is -2.54. The molecule has 1 heterocycles. The molecule has 30 heavy (non-hydrogen) atoms. The van der Waals surface area contributed by atoms with E-state index < -0.39 is 21.7 Å². The molecule has 0 saturated heterocycles. The highest BCUT2D eigenvalue weighted by atomic mass is 32.2. The number of sulfonamides is 1. The van der Waals surface area contributed by atoms with Crippen LogP contribution < -0.4 is 14.4 Å². The second-order valence-corrected chi connectivity index (χ2v) is 10.6. The second kappa shape index (κ2) is 7.95. The first-order chi connectivity index (χ1) is 13.9. The van der Waals surface area contributed by atoms with Gasteiger partial charge in [0.05, 0.1) is 18.0 Å². The van der Waals surface area contributed by atoms with E-state index in [9.17, 15) is 13.2 Å². The van der Waals surface area contributed by atoms with Crippen LogP contribution in [0.3, 0.4) is 0 Å². The van der Waals surface area contributed by atoms with Crippen molar-refractivity contribution in [2.45, 2.75) is 58.7 Å². The highest BCUT2D eigenvalue weighted by Gasteiger charge is 2.37. The van der Waals surface area contributed by atoms with Crippen LogP contribution in [0.25, 0.3) is 0 Å². The van der Waals surface area contributed by atoms with Crippen molar-refractivity contribution in [2.75, 3.05) is 10.6 Å². The normalized spacial score (nSPS) is 18.7. The molecule has 2 atom stereocenters. The third-order valence-corrected chi connectivity index (χ3v) is 6.56. The zero-order valence-corrected chi connectivity index (χ0v) is 19.2. The molecule has 3 rings (SSSR count). The van der Waals surface area contributed by atoms with Gasteiger partial charge in [-0.1, -0.05) is 29.8 Å². The monoisotopic (exact) mass is 430 g/mol. The van der Waals surface area contributed by atoms with Crippen molar-refractivity contribution in [2.24, 2.45) is 0 Å². The van der Waals surface area contributed by atoms with Gasteiger partial charge in [0.2, 0.25) is 15.9 Å². The van der Waals surface area contributed by atoms with Gasteiger partial charge >= 0.3 is 0 Å². The van der Waals surface area contributed by atoms with Crippen molar-refractivity contribution >= 4 is 21.6 Å². The van der Waals surface area contributed by atoms with E-state index in [0.29, 0.717) is 12.1 Å². The Morgan fingerprint density at radius 2 is 1.73 bits per heavy atom. The molecule has 2 aromatic carbocycles. The third kappa shape index (κ3) is 4.78. The molecule has 6 nitrogen and oxygen atoms in total. The predicted molar refractivity (Wildman–Crippen MR) is 119 cm³/mol. The summed E-state index contributed by atoms with van der Waals surface area (Å²) < 4.78 is 32.3. The van der Waals surface area contributed by atoms with Crippen LogP contribution in [-0.4, -0.2) is 32.2 Å². The van der Waals surface area contributed by atoms with Crippen molar-refractivity contribution < 1.29 is 17.9 Å². The second-order valence-electron chi connectivity index (χ2n) is 8.74. The van der Waals surface area contributed by atoms with Gasteiger partial charge in [0, 0.05) is 12.0 Å². The number of hydrogen-bond donors (Lipinski definition) is 1. The molecule has 0 radical (unpaired) electrons. The van der Waals surface area contributed by atoms with E-state index in [1.165, 1.54) is 4.31 Å². The van der Waals surface area contributed by atoms with Crippen LogP contribution in [0.2, 0.25) is 0 Å². The largest absolute Gasteiger partial charge is 0.487 e. The Morgan fingerprint density at radius 1 is 1.13 bits per heavy atom. The van der Waals surface area contributed by atoms with Gasteiger partial charge in [0.1, 0.15) is 17.4 Å². The molecule has 0 aliphatic carbocycles. The fourth-order valence-electron chi connectivity index (χ4n) is 3.88. The van der Waals surface area contributed by atoms with Gasteiger partial charge in [-0.2, -0.15) is 0 Å². The van der Waals surface area contributed by atoms with Crippen LogP contribution >= 0.6 is 0 Å². The minimum atomic E-state index is -3.66. The minimum Gasteiger partial charge on any atom is -0.487 e. The third-order valence-electron chi connectivity index (χ3n) is 5.32. The van der Waals surface area contributed by atoms with Crippen molar-refractivity contribution in [1.29, 1.82) is 0 Å². The molecular formula is C23H30N2O4S. The average Bonchev–Trinajstić information content (AvgIpc) is 2.61. The molecular weight excluding hydrogens is 400 g/mol. The summed E-state index contributed by atoms with van der Waals surface area (Å²) >= 11 is 0. The lowest BCUT2D eigenvalue weighted by Crippen LogP contribution is -2.50. The zero-order valence-electron chi connectivity index (χ0n) is 18.4. The summed E-state index contributed by atoms with van der Waals surface area (Å²) in [5, 5.41) is 3.06. The Bertz CT molecular complexity index is 1050. The molecule has 0 bridgehead atoms. The lowest BCUT2D eigenvalue weighted by Gasteiger charge is -2.39. The van der Waals surface area contributed by atoms with Crippen LogP contribution in [0.1, 0.15) is 49.9 Å². The highest BCUT2D eigenvalue weighted by Crippen LogP contribution is 2.40. The Labute approximate surface area is 179 Å². The molecule has 162 valence electrons. The first kappa shape index (κ1) is 22.2. The van der Waals surface area contributed by atoms with Crippen molar-refractivity contribution in [3.05, 3.63) is 59.2 Å². The lowest BCUT2D eigenvalue weighted by atomic mass is 9.89. The number of benzene rings is 2. The molecule has 1 aliphatic heterocycles. The minimum absolute atomic E-state index is 0.265. The van der Waals surface area contributed by atoms with E-state index in [0.717, 1.165) is 28.7 Å². The van der Waals surface area contributed by atoms with E-state index >= 15 is 0 Å². The van der Waals surface area contributed by atoms with Gasteiger partial charge in [-0.25, -0.2) is 8.42 Å². The van der Waals surface area contributed by atoms with Crippen LogP contribution in [-0.2, 0) is 14.8 Å². The standard InChI is InChI=1S/C23H30N2O4S/c1-15-7-10-18(11-8-15)25(30(6,27)28)17(3)22(26)24-20-14-23(4,5)29-21-13-16(2)9-12-19(20)21/h7-13,17,20H,14H2,1-6H3,(H,24,26)/t17-,20-/m1/s1. The van der Waals surface area contributed by atoms with Gasteiger partial charge in [0.15, 0.2) is 0 Å². The Balaban J connectivity index is 1.89. The molecule has 1 aliphatic rings. The number of carbonyl (C=O) groups excluding carboxylic acids is 1. The number of nitrogens with one attached hydrogen (secondary N) is 1. The molecule has 0 aromatic heterocycles. The molecule has 0 saturated carbocycles. The maximum absolute atomic E-state index is 13.2. The van der Waals surface area contributed by atoms with E-state index in [1.54, 1.807) is 19.1 Å². The number of fused-ring (bicyclic) bond motifs is 1. The number of ether oxygens (including phenoxy) is 1. The van der Waals surface area contributed by atoms with Crippen LogP contribution in [0.15, 0.2) is 42.5 Å². The summed E-state index contributed by atoms with van der Waals surface area (Å²) in [5.41, 5.74) is 3.01. The van der Waals surface area contributed by atoms with Gasteiger partial charge < -0.3 is 10.1 Å². The van der Waals surface area contributed by atoms with E-state index in [4.69, 9.17) is 4.74 Å². The SMILES string of the molecule is Cc1ccc(N([C@H](C)C(=O)N[C@@H]2CC(C)(C)Oc3cc(C)ccc32)S(C)(=O)=O)cc1. The maximum atomic E-state index is 13.2. The number of hydrogen-bond acceptors (Lipinski definition) is 4. The highest BCUT2D eigenvalue weighted by molar-refractivity contribution is 7.92. The molecule has 2 aromatic rings. The van der Waals surface area contributed by atoms with Gasteiger partial charge in [-0.3, -0.25) is 9.10 Å². The summed E-state index contributed by atoms with van der Waals surface area (Å²) in [4.78, 5) is 13.2. The average molecular weight is 431 g/mol. The van der Waals surface area contributed by atoms with Crippen LogP contribution in [0.5, 0.6) is 5.75 Å². The molecule has 0 fully saturated rings. The summed E-state index contributed by atoms with van der Waals surface area (Å²) in [6, 6.07) is 11.8. The number of anilines is 1. The Kier molecular flexibility index (Phi) is 5.87. The van der Waals surface area contributed by atoms with Crippen LogP contribution in [0, 0.1) is 13.8 Å². The van der Waals surface area contributed by atoms with E-state index in [2.05, 4.69) is 5.32 Å². The lowest BCUT2D eigenvalue weighted by molar-refractivity contribution is -0.123. The van der Waals surface area contributed by atoms with E-state index in [1.807, 2.05) is 58.0 Å². The first-order valence-electron chi connectivity index (χ1n) is 10.0. The molecule has 7 heteroatoms. The van der Waals surface area contributed by atoms with Crippen molar-refractivity contribution in [3.8, 4) is 5.75 Å². The first-order valence-corrected chi connectivity index (χ1v) is 11.9. The maximum Gasteiger partial charge on any atom is 0.244 e. The number of aryl methyl sites for hydroxylation is 2. The van der Waals surface area contributed by atoms with Crippen LogP contribution in [0.4, 0.5) is 5.69 Å². The molecule has 0 spiro atoms. The number of amides is 1. The molecule has 0 unspecified atom stereocenters. The summed E-state index contributed by atoms with van der Waals surface area (Å²) in [6.07, 6.45) is 1.71.